The van der Waals surface area contributed by atoms with E-state index >= 15 is 0 Å². The van der Waals surface area contributed by atoms with Gasteiger partial charge < -0.3 is 20.4 Å². The van der Waals surface area contributed by atoms with E-state index in [9.17, 15) is 9.90 Å². The van der Waals surface area contributed by atoms with Gasteiger partial charge >= 0.3 is 0 Å². The van der Waals surface area contributed by atoms with Crippen molar-refractivity contribution in [3.63, 3.8) is 0 Å². The number of nitrogens with zero attached hydrogens (tertiary/aromatic N) is 1. The minimum Gasteiger partial charge on any atom is -0.493 e. The Morgan fingerprint density at radius 3 is 2.88 bits per heavy atom. The van der Waals surface area contributed by atoms with E-state index in [0.717, 1.165) is 10.9 Å². The Balaban J connectivity index is 1.65. The van der Waals surface area contributed by atoms with Gasteiger partial charge in [0.05, 0.1) is 12.1 Å². The lowest BCUT2D eigenvalue weighted by Gasteiger charge is -2.11. The van der Waals surface area contributed by atoms with Crippen molar-refractivity contribution in [1.82, 2.24) is 10.5 Å². The number of fused-ring (bicyclic) bond motifs is 1. The van der Waals surface area contributed by atoms with E-state index in [0.29, 0.717) is 17.0 Å². The first-order chi connectivity index (χ1) is 12.7. The first-order valence-electron chi connectivity index (χ1n) is 8.12. The van der Waals surface area contributed by atoms with Crippen LogP contribution in [0, 0.1) is 0 Å². The van der Waals surface area contributed by atoms with Crippen LogP contribution in [-0.4, -0.2) is 34.0 Å². The van der Waals surface area contributed by atoms with Gasteiger partial charge in [-0.05, 0) is 36.4 Å². The average Bonchev–Trinajstić information content (AvgIpc) is 2.67. The summed E-state index contributed by atoms with van der Waals surface area (Å²) in [5.74, 6) is 0.323. The molecular formula is C19H19N3O4. The van der Waals surface area contributed by atoms with E-state index in [1.54, 1.807) is 48.1 Å². The summed E-state index contributed by atoms with van der Waals surface area (Å²) in [6, 6.07) is 16.0. The summed E-state index contributed by atoms with van der Waals surface area (Å²) in [5, 5.41) is 21.5. The number of pyridine rings is 1. The number of aromatic nitrogens is 1. The Morgan fingerprint density at radius 1 is 1.15 bits per heavy atom. The van der Waals surface area contributed by atoms with E-state index in [-0.39, 0.29) is 18.9 Å². The van der Waals surface area contributed by atoms with Gasteiger partial charge in [0.2, 0.25) is 0 Å². The second-order valence-electron chi connectivity index (χ2n) is 5.67. The first-order valence-corrected chi connectivity index (χ1v) is 8.12. The summed E-state index contributed by atoms with van der Waals surface area (Å²) in [6.07, 6.45) is 0.891. The first kappa shape index (κ1) is 17.8. The Bertz CT molecular complexity index is 901. The van der Waals surface area contributed by atoms with E-state index in [1.807, 2.05) is 18.2 Å². The van der Waals surface area contributed by atoms with Crippen molar-refractivity contribution in [2.24, 2.45) is 0 Å². The number of aliphatic hydroxyl groups is 1. The second-order valence-corrected chi connectivity index (χ2v) is 5.67. The van der Waals surface area contributed by atoms with Crippen molar-refractivity contribution < 1.29 is 19.8 Å². The SMILES string of the molecule is O=C(Nc1cccc(OCCC(O)NO)c1)c1ccc2ncccc2c1. The largest absolute Gasteiger partial charge is 0.493 e. The predicted molar refractivity (Wildman–Crippen MR) is 97.2 cm³/mol. The number of rotatable bonds is 7. The highest BCUT2D eigenvalue weighted by Gasteiger charge is 2.08. The van der Waals surface area contributed by atoms with Gasteiger partial charge in [-0.3, -0.25) is 9.78 Å². The number of carbonyl (C=O) groups is 1. The van der Waals surface area contributed by atoms with Crippen molar-refractivity contribution in [1.29, 1.82) is 0 Å². The van der Waals surface area contributed by atoms with Gasteiger partial charge in [-0.25, -0.2) is 0 Å². The molecule has 0 aliphatic heterocycles. The molecule has 3 aromatic rings. The Morgan fingerprint density at radius 2 is 2.04 bits per heavy atom. The fourth-order valence-electron chi connectivity index (χ4n) is 2.44. The third kappa shape index (κ3) is 4.54. The molecule has 1 heterocycles. The number of hydroxylamine groups is 1. The smallest absolute Gasteiger partial charge is 0.255 e. The van der Waals surface area contributed by atoms with Crippen LogP contribution in [0.4, 0.5) is 5.69 Å². The van der Waals surface area contributed by atoms with Crippen molar-refractivity contribution >= 4 is 22.5 Å². The molecule has 1 amide bonds. The summed E-state index contributed by atoms with van der Waals surface area (Å²) in [7, 11) is 0. The summed E-state index contributed by atoms with van der Waals surface area (Å²) in [4.78, 5) is 16.7. The van der Waals surface area contributed by atoms with Gasteiger partial charge in [-0.2, -0.15) is 5.48 Å². The lowest BCUT2D eigenvalue weighted by atomic mass is 10.1. The maximum Gasteiger partial charge on any atom is 0.255 e. The molecule has 0 radical (unpaired) electrons. The zero-order chi connectivity index (χ0) is 18.4. The molecule has 4 N–H and O–H groups in total. The average molecular weight is 353 g/mol. The molecule has 2 aromatic carbocycles. The third-order valence-corrected chi connectivity index (χ3v) is 3.77. The number of amides is 1. The molecule has 7 nitrogen and oxygen atoms in total. The van der Waals surface area contributed by atoms with Crippen LogP contribution in [0.5, 0.6) is 5.75 Å². The molecule has 0 saturated carbocycles. The lowest BCUT2D eigenvalue weighted by Crippen LogP contribution is -2.26. The van der Waals surface area contributed by atoms with Crippen LogP contribution in [0.1, 0.15) is 16.8 Å². The summed E-state index contributed by atoms with van der Waals surface area (Å²) >= 11 is 0. The zero-order valence-electron chi connectivity index (χ0n) is 13.9. The second kappa shape index (κ2) is 8.39. The highest BCUT2D eigenvalue weighted by Crippen LogP contribution is 2.19. The number of hydrogen-bond donors (Lipinski definition) is 4. The van der Waals surface area contributed by atoms with E-state index in [2.05, 4.69) is 10.3 Å². The molecule has 0 fully saturated rings. The van der Waals surface area contributed by atoms with Gasteiger partial charge in [0.25, 0.3) is 5.91 Å². The van der Waals surface area contributed by atoms with Crippen LogP contribution in [0.25, 0.3) is 10.9 Å². The lowest BCUT2D eigenvalue weighted by molar-refractivity contribution is -0.00920. The number of benzene rings is 2. The van der Waals surface area contributed by atoms with Crippen LogP contribution in [0.15, 0.2) is 60.8 Å². The minimum absolute atomic E-state index is 0.212. The number of carbonyl (C=O) groups excluding carboxylic acids is 1. The fraction of sp³-hybridized carbons (Fsp3) is 0.158. The molecular weight excluding hydrogens is 334 g/mol. The Hall–Kier alpha value is -3.00. The third-order valence-electron chi connectivity index (χ3n) is 3.77. The van der Waals surface area contributed by atoms with Crippen molar-refractivity contribution in [2.45, 2.75) is 12.6 Å². The number of ether oxygens (including phenoxy) is 1. The number of nitrogens with one attached hydrogen (secondary N) is 2. The highest BCUT2D eigenvalue weighted by atomic mass is 16.5. The van der Waals surface area contributed by atoms with Crippen molar-refractivity contribution in [3.8, 4) is 5.75 Å². The van der Waals surface area contributed by atoms with Crippen LogP contribution in [0.3, 0.4) is 0 Å². The van der Waals surface area contributed by atoms with Gasteiger partial charge in [-0.15, -0.1) is 0 Å². The summed E-state index contributed by atoms with van der Waals surface area (Å²) in [5.41, 5.74) is 3.70. The van der Waals surface area contributed by atoms with Gasteiger partial charge in [-0.1, -0.05) is 12.1 Å². The Labute approximate surface area is 150 Å². The molecule has 0 aliphatic rings. The van der Waals surface area contributed by atoms with Crippen molar-refractivity contribution in [2.75, 3.05) is 11.9 Å². The molecule has 0 bridgehead atoms. The summed E-state index contributed by atoms with van der Waals surface area (Å²) in [6.45, 7) is 0.212. The van der Waals surface area contributed by atoms with E-state index < -0.39 is 6.23 Å². The molecule has 0 aliphatic carbocycles. The number of aliphatic hydroxyl groups excluding tert-OH is 1. The molecule has 1 atom stereocenters. The van der Waals surface area contributed by atoms with Gasteiger partial charge in [0, 0.05) is 35.3 Å². The number of hydrogen-bond acceptors (Lipinski definition) is 6. The normalized spacial score (nSPS) is 11.9. The molecule has 0 spiro atoms. The van der Waals surface area contributed by atoms with E-state index in [1.165, 1.54) is 0 Å². The summed E-state index contributed by atoms with van der Waals surface area (Å²) < 4.78 is 5.49. The van der Waals surface area contributed by atoms with E-state index in [4.69, 9.17) is 9.94 Å². The quantitative estimate of drug-likeness (QED) is 0.384. The van der Waals surface area contributed by atoms with Gasteiger partial charge in [0.15, 0.2) is 0 Å². The Kier molecular flexibility index (Phi) is 5.75. The maximum absolute atomic E-state index is 12.5. The standard InChI is InChI=1S/C19H19N3O4/c23-18(22-25)8-10-26-16-5-1-4-15(12-16)21-19(24)14-6-7-17-13(11-14)3-2-9-20-17/h1-7,9,11-12,18,22-23,25H,8,10H2,(H,21,24). The van der Waals surface area contributed by atoms with Crippen LogP contribution in [-0.2, 0) is 0 Å². The van der Waals surface area contributed by atoms with Crippen LogP contribution in [0.2, 0.25) is 0 Å². The van der Waals surface area contributed by atoms with Crippen LogP contribution < -0.4 is 15.5 Å². The molecule has 3 rings (SSSR count). The van der Waals surface area contributed by atoms with Crippen molar-refractivity contribution in [3.05, 3.63) is 66.4 Å². The van der Waals surface area contributed by atoms with Crippen LogP contribution >= 0.6 is 0 Å². The molecule has 1 aromatic heterocycles. The maximum atomic E-state index is 12.5. The molecule has 7 heteroatoms. The highest BCUT2D eigenvalue weighted by molar-refractivity contribution is 6.06. The molecule has 0 saturated heterocycles. The topological polar surface area (TPSA) is 104 Å². The fourth-order valence-corrected chi connectivity index (χ4v) is 2.44. The monoisotopic (exact) mass is 353 g/mol. The number of anilines is 1. The molecule has 26 heavy (non-hydrogen) atoms. The zero-order valence-corrected chi connectivity index (χ0v) is 13.9. The molecule has 1 unspecified atom stereocenters. The molecule has 134 valence electrons. The predicted octanol–water partition coefficient (Wildman–Crippen LogP) is 2.55. The van der Waals surface area contributed by atoms with Gasteiger partial charge in [0.1, 0.15) is 12.0 Å². The minimum atomic E-state index is -1.04.